The van der Waals surface area contributed by atoms with Crippen molar-refractivity contribution in [3.63, 3.8) is 0 Å². The van der Waals surface area contributed by atoms with Gasteiger partial charge < -0.3 is 14.4 Å². The second kappa shape index (κ2) is 7.64. The zero-order valence-corrected chi connectivity index (χ0v) is 12.4. The highest BCUT2D eigenvalue weighted by Gasteiger charge is 2.22. The van der Waals surface area contributed by atoms with Crippen LogP contribution in [0, 0.1) is 6.92 Å². The van der Waals surface area contributed by atoms with Crippen LogP contribution in [-0.2, 0) is 20.8 Å². The van der Waals surface area contributed by atoms with E-state index in [1.807, 2.05) is 13.8 Å². The predicted octanol–water partition coefficient (Wildman–Crippen LogP) is 0.473. The first kappa shape index (κ1) is 16.2. The summed E-state index contributed by atoms with van der Waals surface area (Å²) in [6, 6.07) is 1.71. The predicted molar refractivity (Wildman–Crippen MR) is 72.4 cm³/mol. The van der Waals surface area contributed by atoms with Gasteiger partial charge in [0, 0.05) is 20.2 Å². The lowest BCUT2D eigenvalue weighted by molar-refractivity contribution is -0.141. The second-order valence-corrected chi connectivity index (χ2v) is 4.28. The molecule has 7 heteroatoms. The summed E-state index contributed by atoms with van der Waals surface area (Å²) < 4.78 is 11.2. The van der Waals surface area contributed by atoms with E-state index in [4.69, 9.17) is 4.74 Å². The van der Waals surface area contributed by atoms with E-state index in [0.29, 0.717) is 25.4 Å². The molecule has 0 aromatic carbocycles. The molecular formula is C13H21N3O4. The van der Waals surface area contributed by atoms with Gasteiger partial charge in [-0.1, -0.05) is 0 Å². The summed E-state index contributed by atoms with van der Waals surface area (Å²) in [5, 5.41) is 4.23. The number of hydrogen-bond acceptors (Lipinski definition) is 5. The molecule has 112 valence electrons. The van der Waals surface area contributed by atoms with Crippen molar-refractivity contribution in [2.24, 2.45) is 0 Å². The zero-order chi connectivity index (χ0) is 15.1. The van der Waals surface area contributed by atoms with E-state index in [1.54, 1.807) is 17.9 Å². The largest absolute Gasteiger partial charge is 0.468 e. The molecule has 0 fully saturated rings. The first-order chi connectivity index (χ1) is 9.53. The molecule has 0 atom stereocenters. The summed E-state index contributed by atoms with van der Waals surface area (Å²) in [5.74, 6) is -0.719. The monoisotopic (exact) mass is 283 g/mol. The summed E-state index contributed by atoms with van der Waals surface area (Å²) in [6.45, 7) is 4.88. The van der Waals surface area contributed by atoms with Crippen molar-refractivity contribution in [3.8, 4) is 0 Å². The van der Waals surface area contributed by atoms with Crippen LogP contribution in [0.15, 0.2) is 6.07 Å². The number of nitrogens with zero attached hydrogens (tertiary/aromatic N) is 3. The molecule has 1 heterocycles. The summed E-state index contributed by atoms with van der Waals surface area (Å²) in [4.78, 5) is 25.3. The molecule has 1 aromatic heterocycles. The van der Waals surface area contributed by atoms with Crippen molar-refractivity contribution in [2.45, 2.75) is 20.4 Å². The molecule has 20 heavy (non-hydrogen) atoms. The minimum Gasteiger partial charge on any atom is -0.468 e. The van der Waals surface area contributed by atoms with Crippen molar-refractivity contribution >= 4 is 11.9 Å². The van der Waals surface area contributed by atoms with E-state index < -0.39 is 5.97 Å². The lowest BCUT2D eigenvalue weighted by Crippen LogP contribution is -2.39. The third kappa shape index (κ3) is 4.06. The highest BCUT2D eigenvalue weighted by Crippen LogP contribution is 2.08. The van der Waals surface area contributed by atoms with E-state index in [2.05, 4.69) is 9.84 Å². The van der Waals surface area contributed by atoms with Gasteiger partial charge in [0.1, 0.15) is 12.2 Å². The Bertz CT molecular complexity index is 470. The lowest BCUT2D eigenvalue weighted by atomic mass is 10.3. The van der Waals surface area contributed by atoms with Gasteiger partial charge in [0.05, 0.1) is 19.4 Å². The van der Waals surface area contributed by atoms with Gasteiger partial charge in [-0.05, 0) is 19.9 Å². The molecule has 7 nitrogen and oxygen atoms in total. The van der Waals surface area contributed by atoms with E-state index >= 15 is 0 Å². The summed E-state index contributed by atoms with van der Waals surface area (Å²) in [6.07, 6.45) is 0. The molecule has 0 aliphatic rings. The zero-order valence-electron chi connectivity index (χ0n) is 12.4. The van der Waals surface area contributed by atoms with Gasteiger partial charge in [0.25, 0.3) is 5.91 Å². The Kier molecular flexibility index (Phi) is 6.17. The van der Waals surface area contributed by atoms with Gasteiger partial charge in [0.2, 0.25) is 0 Å². The Morgan fingerprint density at radius 1 is 1.40 bits per heavy atom. The van der Waals surface area contributed by atoms with Crippen molar-refractivity contribution in [2.75, 3.05) is 33.9 Å². The third-order valence-electron chi connectivity index (χ3n) is 2.82. The van der Waals surface area contributed by atoms with E-state index in [-0.39, 0.29) is 12.5 Å². The number of aryl methyl sites for hydroxylation is 2. The van der Waals surface area contributed by atoms with Crippen molar-refractivity contribution in [3.05, 3.63) is 17.5 Å². The van der Waals surface area contributed by atoms with Crippen LogP contribution in [0.4, 0.5) is 0 Å². The maximum atomic E-state index is 12.5. The van der Waals surface area contributed by atoms with Crippen molar-refractivity contribution < 1.29 is 19.1 Å². The molecule has 0 saturated carbocycles. The first-order valence-corrected chi connectivity index (χ1v) is 6.43. The van der Waals surface area contributed by atoms with Crippen LogP contribution in [-0.4, -0.2) is 60.5 Å². The van der Waals surface area contributed by atoms with Crippen molar-refractivity contribution in [1.29, 1.82) is 0 Å². The van der Waals surface area contributed by atoms with E-state index in [0.717, 1.165) is 5.69 Å². The Hall–Kier alpha value is -1.89. The van der Waals surface area contributed by atoms with Crippen molar-refractivity contribution in [1.82, 2.24) is 14.7 Å². The topological polar surface area (TPSA) is 73.7 Å². The van der Waals surface area contributed by atoms with Crippen LogP contribution in [0.5, 0.6) is 0 Å². The van der Waals surface area contributed by atoms with E-state index in [1.165, 1.54) is 12.0 Å². The van der Waals surface area contributed by atoms with E-state index in [9.17, 15) is 9.59 Å². The molecule has 1 aromatic rings. The molecule has 1 amide bonds. The first-order valence-electron chi connectivity index (χ1n) is 6.43. The Balaban J connectivity index is 2.93. The highest BCUT2D eigenvalue weighted by molar-refractivity contribution is 5.94. The van der Waals surface area contributed by atoms with Gasteiger partial charge in [-0.25, -0.2) is 0 Å². The molecule has 0 saturated heterocycles. The van der Waals surface area contributed by atoms with Gasteiger partial charge in [-0.15, -0.1) is 0 Å². The smallest absolute Gasteiger partial charge is 0.325 e. The molecule has 0 N–H and O–H groups in total. The second-order valence-electron chi connectivity index (χ2n) is 4.28. The quantitative estimate of drug-likeness (QED) is 0.680. The van der Waals surface area contributed by atoms with Crippen LogP contribution >= 0.6 is 0 Å². The maximum absolute atomic E-state index is 12.5. The number of carbonyl (C=O) groups is 2. The Morgan fingerprint density at radius 3 is 2.65 bits per heavy atom. The number of ether oxygens (including phenoxy) is 2. The van der Waals surface area contributed by atoms with Crippen LogP contribution in [0.2, 0.25) is 0 Å². The van der Waals surface area contributed by atoms with Crippen LogP contribution in [0.25, 0.3) is 0 Å². The Labute approximate surface area is 118 Å². The Morgan fingerprint density at radius 2 is 2.10 bits per heavy atom. The molecule has 0 bridgehead atoms. The summed E-state index contributed by atoms with van der Waals surface area (Å²) in [5.41, 5.74) is 1.23. The maximum Gasteiger partial charge on any atom is 0.325 e. The number of aromatic nitrogens is 2. The van der Waals surface area contributed by atoms with Gasteiger partial charge in [-0.2, -0.15) is 5.10 Å². The molecule has 1 rings (SSSR count). The van der Waals surface area contributed by atoms with Gasteiger partial charge in [-0.3, -0.25) is 14.3 Å². The SMILES string of the molecule is CCn1nc(C)cc1C(=O)N(CCOC)CC(=O)OC. The average molecular weight is 283 g/mol. The number of esters is 1. The fourth-order valence-corrected chi connectivity index (χ4v) is 1.79. The number of methoxy groups -OCH3 is 2. The molecule has 0 aliphatic carbocycles. The number of carbonyl (C=O) groups excluding carboxylic acids is 2. The van der Waals surface area contributed by atoms with Crippen LogP contribution in [0.3, 0.4) is 0 Å². The fourth-order valence-electron chi connectivity index (χ4n) is 1.79. The molecule has 0 aliphatic heterocycles. The summed E-state index contributed by atoms with van der Waals surface area (Å²) >= 11 is 0. The molecule has 0 spiro atoms. The van der Waals surface area contributed by atoms with Crippen LogP contribution in [0.1, 0.15) is 23.1 Å². The number of hydrogen-bond donors (Lipinski definition) is 0. The summed E-state index contributed by atoms with van der Waals surface area (Å²) in [7, 11) is 2.84. The van der Waals surface area contributed by atoms with Gasteiger partial charge in [0.15, 0.2) is 0 Å². The minimum absolute atomic E-state index is 0.105. The van der Waals surface area contributed by atoms with Crippen LogP contribution < -0.4 is 0 Å². The van der Waals surface area contributed by atoms with Gasteiger partial charge >= 0.3 is 5.97 Å². The standard InChI is InChI=1S/C13H21N3O4/c1-5-16-11(8-10(2)14-16)13(18)15(6-7-19-3)9-12(17)20-4/h8H,5-7,9H2,1-4H3. The molecule has 0 radical (unpaired) electrons. The normalized spacial score (nSPS) is 10.4. The minimum atomic E-state index is -0.464. The number of amides is 1. The third-order valence-corrected chi connectivity index (χ3v) is 2.82. The highest BCUT2D eigenvalue weighted by atomic mass is 16.5. The molecular weight excluding hydrogens is 262 g/mol. The number of rotatable bonds is 7. The fraction of sp³-hybridized carbons (Fsp3) is 0.615. The molecule has 0 unspecified atom stereocenters. The average Bonchev–Trinajstić information content (AvgIpc) is 2.83. The lowest BCUT2D eigenvalue weighted by Gasteiger charge is -2.21.